The number of rotatable bonds is 1. The van der Waals surface area contributed by atoms with Crippen molar-refractivity contribution in [1.29, 1.82) is 0 Å². The SMILES string of the molecule is CC1(C2(O)C3CCCCC32)CC1. The van der Waals surface area contributed by atoms with E-state index in [1.807, 2.05) is 0 Å². The second-order valence-corrected chi connectivity index (χ2v) is 5.38. The van der Waals surface area contributed by atoms with Crippen molar-refractivity contribution in [3.8, 4) is 0 Å². The third-order valence-corrected chi connectivity index (χ3v) is 4.75. The lowest BCUT2D eigenvalue weighted by molar-refractivity contribution is 0.0475. The van der Waals surface area contributed by atoms with Crippen LogP contribution < -0.4 is 0 Å². The Kier molecular flexibility index (Phi) is 1.16. The van der Waals surface area contributed by atoms with Gasteiger partial charge in [0.05, 0.1) is 5.60 Å². The average Bonchev–Trinajstić information content (AvgIpc) is 2.95. The lowest BCUT2D eigenvalue weighted by Crippen LogP contribution is -2.25. The summed E-state index contributed by atoms with van der Waals surface area (Å²) < 4.78 is 0. The fraction of sp³-hybridized carbons (Fsp3) is 1.00. The van der Waals surface area contributed by atoms with E-state index in [4.69, 9.17) is 0 Å². The number of hydrogen-bond acceptors (Lipinski definition) is 1. The highest BCUT2D eigenvalue weighted by Crippen LogP contribution is 2.73. The molecule has 3 saturated carbocycles. The van der Waals surface area contributed by atoms with Crippen LogP contribution in [-0.2, 0) is 0 Å². The maximum Gasteiger partial charge on any atom is 0.0764 e. The van der Waals surface area contributed by atoms with Gasteiger partial charge in [-0.2, -0.15) is 0 Å². The van der Waals surface area contributed by atoms with Gasteiger partial charge in [0.1, 0.15) is 0 Å². The summed E-state index contributed by atoms with van der Waals surface area (Å²) in [5.41, 5.74) is 0.135. The largest absolute Gasteiger partial charge is 0.389 e. The van der Waals surface area contributed by atoms with Crippen LogP contribution in [0.4, 0.5) is 0 Å². The molecular formula is C11H18O. The van der Waals surface area contributed by atoms with Gasteiger partial charge in [0.2, 0.25) is 0 Å². The van der Waals surface area contributed by atoms with Gasteiger partial charge in [0.25, 0.3) is 0 Å². The fourth-order valence-electron chi connectivity index (χ4n) is 3.58. The molecule has 1 heteroatoms. The van der Waals surface area contributed by atoms with Crippen LogP contribution >= 0.6 is 0 Å². The molecule has 3 fully saturated rings. The van der Waals surface area contributed by atoms with Crippen LogP contribution in [-0.4, -0.2) is 10.7 Å². The first-order chi connectivity index (χ1) is 5.68. The molecule has 3 aliphatic carbocycles. The summed E-state index contributed by atoms with van der Waals surface area (Å²) in [7, 11) is 0. The van der Waals surface area contributed by atoms with Crippen molar-refractivity contribution in [2.24, 2.45) is 17.3 Å². The average molecular weight is 166 g/mol. The minimum atomic E-state index is -0.205. The fourth-order valence-corrected chi connectivity index (χ4v) is 3.58. The quantitative estimate of drug-likeness (QED) is 0.634. The first kappa shape index (κ1) is 7.37. The molecule has 1 N–H and O–H groups in total. The van der Waals surface area contributed by atoms with Crippen molar-refractivity contribution >= 4 is 0 Å². The summed E-state index contributed by atoms with van der Waals surface area (Å²) in [5, 5.41) is 10.5. The van der Waals surface area contributed by atoms with Crippen LogP contribution in [0.25, 0.3) is 0 Å². The Morgan fingerprint density at radius 3 is 2.00 bits per heavy atom. The van der Waals surface area contributed by atoms with Gasteiger partial charge < -0.3 is 5.11 Å². The van der Waals surface area contributed by atoms with Crippen LogP contribution in [0, 0.1) is 17.3 Å². The molecule has 68 valence electrons. The molecule has 0 aromatic heterocycles. The predicted octanol–water partition coefficient (Wildman–Crippen LogP) is 2.34. The second kappa shape index (κ2) is 1.89. The molecule has 0 aliphatic heterocycles. The Morgan fingerprint density at radius 2 is 1.58 bits per heavy atom. The Balaban J connectivity index is 1.85. The zero-order valence-electron chi connectivity index (χ0n) is 7.84. The van der Waals surface area contributed by atoms with Gasteiger partial charge in [0.15, 0.2) is 0 Å². The van der Waals surface area contributed by atoms with Crippen molar-refractivity contribution in [2.75, 3.05) is 0 Å². The first-order valence-corrected chi connectivity index (χ1v) is 5.41. The molecule has 2 atom stereocenters. The third-order valence-electron chi connectivity index (χ3n) is 4.75. The van der Waals surface area contributed by atoms with Crippen molar-refractivity contribution in [3.63, 3.8) is 0 Å². The van der Waals surface area contributed by atoms with Crippen molar-refractivity contribution in [3.05, 3.63) is 0 Å². The second-order valence-electron chi connectivity index (χ2n) is 5.38. The van der Waals surface area contributed by atoms with E-state index >= 15 is 0 Å². The van der Waals surface area contributed by atoms with Gasteiger partial charge in [-0.15, -0.1) is 0 Å². The third kappa shape index (κ3) is 0.654. The number of aliphatic hydroxyl groups is 1. The molecule has 0 heterocycles. The summed E-state index contributed by atoms with van der Waals surface area (Å²) >= 11 is 0. The van der Waals surface area contributed by atoms with E-state index in [0.29, 0.717) is 17.3 Å². The summed E-state index contributed by atoms with van der Waals surface area (Å²) in [5.74, 6) is 1.39. The minimum Gasteiger partial charge on any atom is -0.389 e. The Bertz CT molecular complexity index is 205. The van der Waals surface area contributed by atoms with E-state index in [-0.39, 0.29) is 5.60 Å². The first-order valence-electron chi connectivity index (χ1n) is 5.41. The van der Waals surface area contributed by atoms with E-state index < -0.39 is 0 Å². The monoisotopic (exact) mass is 166 g/mol. The number of hydrogen-bond donors (Lipinski definition) is 1. The molecule has 2 unspecified atom stereocenters. The summed E-state index contributed by atoms with van der Waals surface area (Å²) in [6.45, 7) is 2.28. The topological polar surface area (TPSA) is 20.2 Å². The maximum atomic E-state index is 10.5. The zero-order valence-corrected chi connectivity index (χ0v) is 7.84. The van der Waals surface area contributed by atoms with Gasteiger partial charge in [-0.25, -0.2) is 0 Å². The molecule has 3 aliphatic rings. The highest BCUT2D eigenvalue weighted by atomic mass is 16.3. The van der Waals surface area contributed by atoms with Gasteiger partial charge >= 0.3 is 0 Å². The standard InChI is InChI=1S/C11H18O/c1-10(6-7-10)11(12)8-4-2-3-5-9(8)11/h8-9,12H,2-7H2,1H3. The van der Waals surface area contributed by atoms with Crippen LogP contribution in [0.1, 0.15) is 45.4 Å². The molecule has 3 rings (SSSR count). The highest BCUT2D eigenvalue weighted by molar-refractivity contribution is 5.24. The van der Waals surface area contributed by atoms with Gasteiger partial charge in [-0.05, 0) is 42.9 Å². The molecule has 0 bridgehead atoms. The normalized spacial score (nSPS) is 54.5. The lowest BCUT2D eigenvalue weighted by Gasteiger charge is -2.18. The summed E-state index contributed by atoms with van der Waals surface area (Å²) in [4.78, 5) is 0. The summed E-state index contributed by atoms with van der Waals surface area (Å²) in [6.07, 6.45) is 7.87. The molecule has 0 saturated heterocycles. The van der Waals surface area contributed by atoms with Crippen LogP contribution in [0.3, 0.4) is 0 Å². The Labute approximate surface area is 74.2 Å². The molecular weight excluding hydrogens is 148 g/mol. The van der Waals surface area contributed by atoms with Crippen molar-refractivity contribution < 1.29 is 5.11 Å². The van der Waals surface area contributed by atoms with Crippen LogP contribution in [0.2, 0.25) is 0 Å². The van der Waals surface area contributed by atoms with Crippen LogP contribution in [0.15, 0.2) is 0 Å². The van der Waals surface area contributed by atoms with E-state index in [1.54, 1.807) is 0 Å². The van der Waals surface area contributed by atoms with Crippen molar-refractivity contribution in [2.45, 2.75) is 51.0 Å². The Morgan fingerprint density at radius 1 is 1.08 bits per heavy atom. The molecule has 1 nitrogen and oxygen atoms in total. The lowest BCUT2D eigenvalue weighted by atomic mass is 9.95. The molecule has 12 heavy (non-hydrogen) atoms. The predicted molar refractivity (Wildman–Crippen MR) is 47.7 cm³/mol. The molecule has 0 aromatic rings. The zero-order chi connectivity index (χ0) is 8.40. The van der Waals surface area contributed by atoms with E-state index in [1.165, 1.54) is 38.5 Å². The van der Waals surface area contributed by atoms with E-state index in [2.05, 4.69) is 6.92 Å². The molecule has 0 spiro atoms. The van der Waals surface area contributed by atoms with Crippen molar-refractivity contribution in [1.82, 2.24) is 0 Å². The minimum absolute atomic E-state index is 0.205. The van der Waals surface area contributed by atoms with Gasteiger partial charge in [-0.1, -0.05) is 19.8 Å². The Hall–Kier alpha value is -0.0400. The van der Waals surface area contributed by atoms with Crippen LogP contribution in [0.5, 0.6) is 0 Å². The molecule has 0 amide bonds. The molecule has 0 radical (unpaired) electrons. The van der Waals surface area contributed by atoms with E-state index in [0.717, 1.165) is 0 Å². The maximum absolute atomic E-state index is 10.5. The van der Waals surface area contributed by atoms with E-state index in [9.17, 15) is 5.11 Å². The highest BCUT2D eigenvalue weighted by Gasteiger charge is 2.74. The smallest absolute Gasteiger partial charge is 0.0764 e. The number of fused-ring (bicyclic) bond motifs is 1. The van der Waals surface area contributed by atoms with Gasteiger partial charge in [-0.3, -0.25) is 0 Å². The molecule has 0 aromatic carbocycles. The summed E-state index contributed by atoms with van der Waals surface area (Å²) in [6, 6.07) is 0. The van der Waals surface area contributed by atoms with Gasteiger partial charge in [0, 0.05) is 0 Å².